The van der Waals surface area contributed by atoms with Gasteiger partial charge in [-0.2, -0.15) is 10.2 Å². The maximum atomic E-state index is 13.7. The van der Waals surface area contributed by atoms with Gasteiger partial charge in [-0.05, 0) is 28.8 Å². The molecule has 1 aliphatic rings. The fourth-order valence-corrected chi connectivity index (χ4v) is 4.49. The van der Waals surface area contributed by atoms with E-state index in [0.717, 1.165) is 10.9 Å². The average Bonchev–Trinajstić information content (AvgIpc) is 3.35. The highest BCUT2D eigenvalue weighted by atomic mass is 35.5. The SMILES string of the molecule is N#Cc1ccccc1O[C@H]1[C@@H](COF)O[C@H](S)[C@H](O)[C@]1(Cl)n1cc(-c2cc(F)c(F)c(F)c2)nn1. The minimum atomic E-state index is -2.10. The van der Waals surface area contributed by atoms with Gasteiger partial charge < -0.3 is 14.6 Å². The molecule has 1 N–H and O–H groups in total. The maximum absolute atomic E-state index is 13.7. The first-order chi connectivity index (χ1) is 16.7. The summed E-state index contributed by atoms with van der Waals surface area (Å²) in [5, 5.41) is 28.0. The molecule has 1 saturated heterocycles. The smallest absolute Gasteiger partial charge is 0.205 e. The number of thiol groups is 1. The molecule has 0 amide bonds. The standard InChI is InChI=1S/C21H15ClF4N4O4S/c22-21(30-8-14(28-29-30)11-5-12(23)17(25)13(24)6-11)18(31)20(35)34-16(9-32-26)19(21)33-15-4-2-1-3-10(15)7-27/h1-6,8,16,18-20,31,35H,9H2/t16-,18+,19+,20-,21+/m1/s1. The summed E-state index contributed by atoms with van der Waals surface area (Å²) in [5.74, 6) is -4.53. The van der Waals surface area contributed by atoms with Gasteiger partial charge in [0.2, 0.25) is 5.00 Å². The summed E-state index contributed by atoms with van der Waals surface area (Å²) >= 11 is 11.0. The topological polar surface area (TPSA) is 102 Å². The third-order valence-electron chi connectivity index (χ3n) is 5.35. The fraction of sp³-hybridized carbons (Fsp3) is 0.286. The van der Waals surface area contributed by atoms with Crippen molar-refractivity contribution in [3.05, 3.63) is 65.6 Å². The van der Waals surface area contributed by atoms with Crippen LogP contribution < -0.4 is 4.74 Å². The Hall–Kier alpha value is -2.89. The van der Waals surface area contributed by atoms with Gasteiger partial charge in [-0.1, -0.05) is 28.9 Å². The number of benzene rings is 2. The maximum Gasteiger partial charge on any atom is 0.205 e. The van der Waals surface area contributed by atoms with Crippen molar-refractivity contribution in [3.8, 4) is 23.1 Å². The molecule has 0 radical (unpaired) electrons. The monoisotopic (exact) mass is 530 g/mol. The van der Waals surface area contributed by atoms with Crippen molar-refractivity contribution >= 4 is 24.2 Å². The summed E-state index contributed by atoms with van der Waals surface area (Å²) < 4.78 is 66.1. The zero-order chi connectivity index (χ0) is 25.3. The van der Waals surface area contributed by atoms with E-state index in [-0.39, 0.29) is 22.6 Å². The van der Waals surface area contributed by atoms with Gasteiger partial charge in [0, 0.05) is 5.56 Å². The molecule has 2 heterocycles. The molecule has 0 aliphatic carbocycles. The Balaban J connectivity index is 1.81. The van der Waals surface area contributed by atoms with E-state index in [0.29, 0.717) is 12.1 Å². The molecule has 1 aromatic heterocycles. The molecule has 8 nitrogen and oxygen atoms in total. The zero-order valence-electron chi connectivity index (χ0n) is 17.4. The van der Waals surface area contributed by atoms with Crippen LogP contribution in [0.2, 0.25) is 0 Å². The molecular formula is C21H15ClF4N4O4S. The molecule has 5 atom stereocenters. The molecule has 184 valence electrons. The summed E-state index contributed by atoms with van der Waals surface area (Å²) in [6, 6.07) is 9.39. The van der Waals surface area contributed by atoms with Crippen molar-refractivity contribution < 1.29 is 37.2 Å². The predicted octanol–water partition coefficient (Wildman–Crippen LogP) is 3.49. The molecule has 14 heteroatoms. The molecular weight excluding hydrogens is 516 g/mol. The van der Waals surface area contributed by atoms with E-state index in [4.69, 9.17) is 21.1 Å². The number of aromatic nitrogens is 3. The Labute approximate surface area is 205 Å². The first kappa shape index (κ1) is 25.2. The lowest BCUT2D eigenvalue weighted by atomic mass is 9.95. The van der Waals surface area contributed by atoms with Crippen LogP contribution in [0.25, 0.3) is 11.3 Å². The Morgan fingerprint density at radius 3 is 2.60 bits per heavy atom. The second-order valence-corrected chi connectivity index (χ2v) is 8.58. The first-order valence-electron chi connectivity index (χ1n) is 9.88. The van der Waals surface area contributed by atoms with Gasteiger partial charge in [0.1, 0.15) is 41.8 Å². The summed E-state index contributed by atoms with van der Waals surface area (Å²) in [6.07, 6.45) is -3.28. The molecule has 1 fully saturated rings. The van der Waals surface area contributed by atoms with Crippen molar-refractivity contribution in [2.24, 2.45) is 0 Å². The van der Waals surface area contributed by atoms with Crippen LogP contribution in [0.15, 0.2) is 42.6 Å². The van der Waals surface area contributed by atoms with E-state index in [1.807, 2.05) is 6.07 Å². The normalized spacial score (nSPS) is 26.3. The van der Waals surface area contributed by atoms with Gasteiger partial charge in [-0.3, -0.25) is 0 Å². The number of alkyl halides is 1. The van der Waals surface area contributed by atoms with Crippen molar-refractivity contribution in [3.63, 3.8) is 0 Å². The minimum Gasteiger partial charge on any atom is -0.482 e. The molecule has 3 aromatic rings. The lowest BCUT2D eigenvalue weighted by molar-refractivity contribution is -0.228. The number of para-hydroxylation sites is 1. The summed E-state index contributed by atoms with van der Waals surface area (Å²) in [5.41, 5.74) is -1.49. The lowest BCUT2D eigenvalue weighted by Gasteiger charge is -2.47. The number of aliphatic hydroxyl groups is 1. The molecule has 4 rings (SSSR count). The molecule has 0 spiro atoms. The predicted molar refractivity (Wildman–Crippen MR) is 115 cm³/mol. The van der Waals surface area contributed by atoms with E-state index in [9.17, 15) is 28.1 Å². The number of nitriles is 1. The van der Waals surface area contributed by atoms with E-state index in [1.165, 1.54) is 12.1 Å². The highest BCUT2D eigenvalue weighted by Crippen LogP contribution is 2.43. The molecule has 35 heavy (non-hydrogen) atoms. The fourth-order valence-electron chi connectivity index (χ4n) is 3.63. The minimum absolute atomic E-state index is 0.0327. The van der Waals surface area contributed by atoms with Crippen LogP contribution >= 0.6 is 24.2 Å². The van der Waals surface area contributed by atoms with Gasteiger partial charge in [-0.15, -0.1) is 17.7 Å². The van der Waals surface area contributed by atoms with Crippen LogP contribution in [0.1, 0.15) is 5.56 Å². The zero-order valence-corrected chi connectivity index (χ0v) is 19.0. The molecule has 0 bridgehead atoms. The van der Waals surface area contributed by atoms with Gasteiger partial charge in [0.15, 0.2) is 23.6 Å². The number of hydrogen-bond acceptors (Lipinski definition) is 8. The van der Waals surface area contributed by atoms with Crippen LogP contribution in [-0.4, -0.2) is 50.5 Å². The van der Waals surface area contributed by atoms with Gasteiger partial charge in [0.05, 0.1) is 11.8 Å². The first-order valence-corrected chi connectivity index (χ1v) is 10.8. The Morgan fingerprint density at radius 2 is 1.94 bits per heavy atom. The van der Waals surface area contributed by atoms with Crippen LogP contribution in [0.4, 0.5) is 17.7 Å². The summed E-state index contributed by atoms with van der Waals surface area (Å²) in [4.78, 5) is 1.62. The van der Waals surface area contributed by atoms with Gasteiger partial charge >= 0.3 is 0 Å². The highest BCUT2D eigenvalue weighted by molar-refractivity contribution is 7.80. The highest BCUT2D eigenvalue weighted by Gasteiger charge is 2.59. The number of aliphatic hydroxyl groups excluding tert-OH is 1. The molecule has 0 saturated carbocycles. The van der Waals surface area contributed by atoms with E-state index in [1.54, 1.807) is 12.1 Å². The Morgan fingerprint density at radius 1 is 1.26 bits per heavy atom. The number of hydrogen-bond donors (Lipinski definition) is 2. The van der Waals surface area contributed by atoms with E-state index in [2.05, 4.69) is 27.9 Å². The van der Waals surface area contributed by atoms with Crippen LogP contribution in [0.5, 0.6) is 5.75 Å². The van der Waals surface area contributed by atoms with Crippen molar-refractivity contribution in [2.45, 2.75) is 28.7 Å². The third-order valence-corrected chi connectivity index (χ3v) is 6.36. The molecule has 1 aliphatic heterocycles. The van der Waals surface area contributed by atoms with E-state index >= 15 is 0 Å². The van der Waals surface area contributed by atoms with Gasteiger partial charge in [0.25, 0.3) is 0 Å². The average molecular weight is 531 g/mol. The number of nitrogens with zero attached hydrogens (tertiary/aromatic N) is 4. The third kappa shape index (κ3) is 4.55. The van der Waals surface area contributed by atoms with Crippen molar-refractivity contribution in [1.82, 2.24) is 15.0 Å². The largest absolute Gasteiger partial charge is 0.482 e. The van der Waals surface area contributed by atoms with Crippen LogP contribution in [-0.2, 0) is 14.7 Å². The quantitative estimate of drug-likeness (QED) is 0.218. The number of ether oxygens (including phenoxy) is 2. The van der Waals surface area contributed by atoms with Crippen LogP contribution in [0.3, 0.4) is 0 Å². The van der Waals surface area contributed by atoms with Crippen molar-refractivity contribution in [2.75, 3.05) is 6.61 Å². The summed E-state index contributed by atoms with van der Waals surface area (Å²) in [6.45, 7) is -0.701. The van der Waals surface area contributed by atoms with Crippen LogP contribution in [0, 0.1) is 28.8 Å². The summed E-state index contributed by atoms with van der Waals surface area (Å²) in [7, 11) is 0. The lowest BCUT2D eigenvalue weighted by Crippen LogP contribution is -2.66. The second-order valence-electron chi connectivity index (χ2n) is 7.46. The molecule has 0 unspecified atom stereocenters. The number of rotatable bonds is 6. The molecule has 2 aromatic carbocycles. The van der Waals surface area contributed by atoms with E-state index < -0.39 is 52.8 Å². The Bertz CT molecular complexity index is 1260. The Kier molecular flexibility index (Phi) is 7.20. The number of halogens is 5. The van der Waals surface area contributed by atoms with Crippen molar-refractivity contribution in [1.29, 1.82) is 5.26 Å². The second kappa shape index (κ2) is 10.00. The van der Waals surface area contributed by atoms with Gasteiger partial charge in [-0.25, -0.2) is 17.9 Å².